The van der Waals surface area contributed by atoms with Crippen LogP contribution in [0.25, 0.3) is 19.5 Å². The first-order chi connectivity index (χ1) is 8.27. The molecule has 0 radical (unpaired) electrons. The molecule has 3 rings (SSSR count). The van der Waals surface area contributed by atoms with Gasteiger partial charge in [0.1, 0.15) is 0 Å². The normalized spacial score (nSPS) is 10.8. The lowest BCUT2D eigenvalue weighted by Gasteiger charge is -1.93. The summed E-state index contributed by atoms with van der Waals surface area (Å²) < 4.78 is 0. The van der Waals surface area contributed by atoms with Crippen molar-refractivity contribution in [3.63, 3.8) is 0 Å². The highest BCUT2D eigenvalue weighted by molar-refractivity contribution is 7.26. The SMILES string of the molecule is Oc1c(-c2cccs2)sc(-c2cccs2)c1O. The highest BCUT2D eigenvalue weighted by atomic mass is 32.1. The number of rotatable bonds is 2. The van der Waals surface area contributed by atoms with E-state index >= 15 is 0 Å². The van der Waals surface area contributed by atoms with Crippen LogP contribution in [0.3, 0.4) is 0 Å². The third-order valence-electron chi connectivity index (χ3n) is 2.35. The molecule has 0 saturated heterocycles. The van der Waals surface area contributed by atoms with E-state index in [-0.39, 0.29) is 11.5 Å². The van der Waals surface area contributed by atoms with Crippen molar-refractivity contribution in [2.24, 2.45) is 0 Å². The molecule has 0 aromatic carbocycles. The fourth-order valence-electron chi connectivity index (χ4n) is 1.56. The largest absolute Gasteiger partial charge is 0.503 e. The molecule has 0 aliphatic carbocycles. The Kier molecular flexibility index (Phi) is 2.66. The zero-order valence-electron chi connectivity index (χ0n) is 8.58. The van der Waals surface area contributed by atoms with Crippen LogP contribution in [0.1, 0.15) is 0 Å². The highest BCUT2D eigenvalue weighted by Crippen LogP contribution is 2.52. The van der Waals surface area contributed by atoms with Crippen molar-refractivity contribution in [2.75, 3.05) is 0 Å². The second-order valence-electron chi connectivity index (χ2n) is 3.41. The first-order valence-corrected chi connectivity index (χ1v) is 7.47. The Morgan fingerprint density at radius 2 is 1.24 bits per heavy atom. The zero-order valence-corrected chi connectivity index (χ0v) is 11.0. The standard InChI is InChI=1S/C12H8O2S3/c13-9-10(14)12(8-4-2-6-16-8)17-11(9)7-3-1-5-15-7/h1-6,13-14H. The van der Waals surface area contributed by atoms with Crippen LogP contribution in [0.4, 0.5) is 0 Å². The van der Waals surface area contributed by atoms with Crippen molar-refractivity contribution in [3.05, 3.63) is 35.0 Å². The smallest absolute Gasteiger partial charge is 0.178 e. The molecule has 2 nitrogen and oxygen atoms in total. The Labute approximate surface area is 110 Å². The fraction of sp³-hybridized carbons (Fsp3) is 0. The molecule has 17 heavy (non-hydrogen) atoms. The van der Waals surface area contributed by atoms with Crippen LogP contribution in [-0.4, -0.2) is 10.2 Å². The predicted octanol–water partition coefficient (Wildman–Crippen LogP) is 4.62. The Bertz CT molecular complexity index is 566. The van der Waals surface area contributed by atoms with E-state index < -0.39 is 0 Å². The van der Waals surface area contributed by atoms with E-state index in [9.17, 15) is 10.2 Å². The Hall–Kier alpha value is -1.30. The minimum absolute atomic E-state index is 0.0131. The van der Waals surface area contributed by atoms with Crippen molar-refractivity contribution in [1.29, 1.82) is 0 Å². The number of thiophene rings is 3. The number of aromatic hydroxyl groups is 2. The third-order valence-corrected chi connectivity index (χ3v) is 5.62. The second-order valence-corrected chi connectivity index (χ2v) is 6.33. The summed E-state index contributed by atoms with van der Waals surface area (Å²) in [5.41, 5.74) is 0. The lowest BCUT2D eigenvalue weighted by Crippen LogP contribution is -1.64. The van der Waals surface area contributed by atoms with Crippen LogP contribution in [0.5, 0.6) is 11.5 Å². The summed E-state index contributed by atoms with van der Waals surface area (Å²) in [6.45, 7) is 0. The molecule has 0 atom stereocenters. The molecule has 0 aliphatic rings. The van der Waals surface area contributed by atoms with Crippen LogP contribution in [0, 0.1) is 0 Å². The molecule has 0 aliphatic heterocycles. The predicted molar refractivity (Wildman–Crippen MR) is 74.3 cm³/mol. The van der Waals surface area contributed by atoms with E-state index in [0.717, 1.165) is 19.5 Å². The Balaban J connectivity index is 2.18. The molecule has 0 saturated carbocycles. The van der Waals surface area contributed by atoms with Gasteiger partial charge in [-0.3, -0.25) is 0 Å². The molecule has 2 N–H and O–H groups in total. The number of hydrogen-bond acceptors (Lipinski definition) is 5. The summed E-state index contributed by atoms with van der Waals surface area (Å²) in [6.07, 6.45) is 0. The summed E-state index contributed by atoms with van der Waals surface area (Å²) in [5.74, 6) is -0.0262. The maximum absolute atomic E-state index is 9.96. The molecule has 3 aromatic rings. The van der Waals surface area contributed by atoms with Crippen molar-refractivity contribution in [2.45, 2.75) is 0 Å². The minimum Gasteiger partial charge on any atom is -0.503 e. The van der Waals surface area contributed by atoms with Crippen LogP contribution < -0.4 is 0 Å². The molecule has 0 bridgehead atoms. The first-order valence-electron chi connectivity index (χ1n) is 4.90. The van der Waals surface area contributed by atoms with Gasteiger partial charge in [-0.05, 0) is 22.9 Å². The van der Waals surface area contributed by atoms with Gasteiger partial charge in [0.05, 0.1) is 9.75 Å². The molecular formula is C12H8O2S3. The molecule has 0 spiro atoms. The van der Waals surface area contributed by atoms with Crippen molar-refractivity contribution in [3.8, 4) is 31.0 Å². The van der Waals surface area contributed by atoms with Crippen molar-refractivity contribution < 1.29 is 10.2 Å². The lowest BCUT2D eigenvalue weighted by atomic mass is 10.3. The maximum atomic E-state index is 9.96. The highest BCUT2D eigenvalue weighted by Gasteiger charge is 2.20. The van der Waals surface area contributed by atoms with E-state index in [4.69, 9.17) is 0 Å². The van der Waals surface area contributed by atoms with Crippen molar-refractivity contribution in [1.82, 2.24) is 0 Å². The summed E-state index contributed by atoms with van der Waals surface area (Å²) in [7, 11) is 0. The van der Waals surface area contributed by atoms with E-state index in [0.29, 0.717) is 0 Å². The Morgan fingerprint density at radius 3 is 1.59 bits per heavy atom. The van der Waals surface area contributed by atoms with E-state index in [1.807, 2.05) is 35.0 Å². The average Bonchev–Trinajstić information content (AvgIpc) is 3.02. The lowest BCUT2D eigenvalue weighted by molar-refractivity contribution is 0.410. The zero-order chi connectivity index (χ0) is 11.8. The average molecular weight is 280 g/mol. The van der Waals surface area contributed by atoms with Crippen LogP contribution in [0.15, 0.2) is 35.0 Å². The van der Waals surface area contributed by atoms with Gasteiger partial charge in [-0.1, -0.05) is 12.1 Å². The monoisotopic (exact) mass is 280 g/mol. The molecule has 86 valence electrons. The second kappa shape index (κ2) is 4.18. The Morgan fingerprint density at radius 1 is 0.765 bits per heavy atom. The van der Waals surface area contributed by atoms with Gasteiger partial charge in [0.25, 0.3) is 0 Å². The molecule has 3 aromatic heterocycles. The maximum Gasteiger partial charge on any atom is 0.178 e. The van der Waals surface area contributed by atoms with E-state index in [2.05, 4.69) is 0 Å². The molecule has 5 heteroatoms. The molecule has 0 amide bonds. The minimum atomic E-state index is -0.0131. The summed E-state index contributed by atoms with van der Waals surface area (Å²) in [5, 5.41) is 23.8. The summed E-state index contributed by atoms with van der Waals surface area (Å²) >= 11 is 4.53. The van der Waals surface area contributed by atoms with Gasteiger partial charge in [0.15, 0.2) is 11.5 Å². The van der Waals surface area contributed by atoms with Crippen LogP contribution in [0.2, 0.25) is 0 Å². The third kappa shape index (κ3) is 1.76. The summed E-state index contributed by atoms with van der Waals surface area (Å²) in [6, 6.07) is 7.74. The topological polar surface area (TPSA) is 40.5 Å². The van der Waals surface area contributed by atoms with Gasteiger partial charge in [-0.25, -0.2) is 0 Å². The quantitative estimate of drug-likeness (QED) is 0.719. The molecule has 0 fully saturated rings. The summed E-state index contributed by atoms with van der Waals surface area (Å²) in [4.78, 5) is 3.43. The van der Waals surface area contributed by atoms with Gasteiger partial charge in [-0.2, -0.15) is 0 Å². The van der Waals surface area contributed by atoms with E-state index in [1.54, 1.807) is 22.7 Å². The van der Waals surface area contributed by atoms with Crippen LogP contribution in [-0.2, 0) is 0 Å². The van der Waals surface area contributed by atoms with Gasteiger partial charge in [0, 0.05) is 9.75 Å². The van der Waals surface area contributed by atoms with Gasteiger partial charge >= 0.3 is 0 Å². The fourth-order valence-corrected chi connectivity index (χ4v) is 4.36. The first kappa shape index (κ1) is 10.8. The van der Waals surface area contributed by atoms with Crippen LogP contribution >= 0.6 is 34.0 Å². The molecule has 3 heterocycles. The van der Waals surface area contributed by atoms with E-state index in [1.165, 1.54) is 11.3 Å². The van der Waals surface area contributed by atoms with Crippen molar-refractivity contribution >= 4 is 34.0 Å². The molecule has 0 unspecified atom stereocenters. The number of hydrogen-bond donors (Lipinski definition) is 2. The van der Waals surface area contributed by atoms with Gasteiger partial charge in [-0.15, -0.1) is 34.0 Å². The van der Waals surface area contributed by atoms with Gasteiger partial charge in [0.2, 0.25) is 0 Å². The molecular weight excluding hydrogens is 272 g/mol. The van der Waals surface area contributed by atoms with Gasteiger partial charge < -0.3 is 10.2 Å².